The highest BCUT2D eigenvalue weighted by molar-refractivity contribution is 6.06. The number of nitrogens with two attached hydrogens (primary N) is 1. The molecule has 2 amide bonds. The first kappa shape index (κ1) is 10.3. The smallest absolute Gasteiger partial charge is 0.236 e. The highest BCUT2D eigenvalue weighted by Crippen LogP contribution is 2.47. The predicted octanol–water partition coefficient (Wildman–Crippen LogP) is 0.795. The van der Waals surface area contributed by atoms with Crippen molar-refractivity contribution in [3.63, 3.8) is 0 Å². The van der Waals surface area contributed by atoms with Crippen molar-refractivity contribution in [1.82, 2.24) is 4.90 Å². The molecule has 4 heteroatoms. The highest BCUT2D eigenvalue weighted by atomic mass is 16.2. The maximum atomic E-state index is 12.4. The SMILES string of the molecule is NC1CC1N1C(=O)CC2(CCCCC2)C1=O. The Morgan fingerprint density at radius 1 is 1.19 bits per heavy atom. The maximum absolute atomic E-state index is 12.4. The molecular formula is C12H18N2O2. The van der Waals surface area contributed by atoms with Gasteiger partial charge in [-0.15, -0.1) is 0 Å². The van der Waals surface area contributed by atoms with Gasteiger partial charge in [0.1, 0.15) is 0 Å². The first-order valence-electron chi connectivity index (χ1n) is 6.26. The Hall–Kier alpha value is -0.900. The zero-order chi connectivity index (χ0) is 11.3. The Morgan fingerprint density at radius 3 is 2.38 bits per heavy atom. The molecule has 88 valence electrons. The minimum Gasteiger partial charge on any atom is -0.326 e. The first-order chi connectivity index (χ1) is 7.64. The molecule has 3 aliphatic rings. The molecule has 0 radical (unpaired) electrons. The number of amides is 2. The van der Waals surface area contributed by atoms with E-state index in [1.807, 2.05) is 0 Å². The second-order valence-corrected chi connectivity index (χ2v) is 5.55. The number of likely N-dealkylation sites (tertiary alicyclic amines) is 1. The molecule has 0 aromatic carbocycles. The topological polar surface area (TPSA) is 63.4 Å². The predicted molar refractivity (Wildman–Crippen MR) is 58.4 cm³/mol. The van der Waals surface area contributed by atoms with Gasteiger partial charge in [0.2, 0.25) is 11.8 Å². The summed E-state index contributed by atoms with van der Waals surface area (Å²) in [6.45, 7) is 0. The van der Waals surface area contributed by atoms with Crippen molar-refractivity contribution < 1.29 is 9.59 Å². The Labute approximate surface area is 95.2 Å². The molecule has 0 bridgehead atoms. The van der Waals surface area contributed by atoms with Gasteiger partial charge in [-0.25, -0.2) is 0 Å². The van der Waals surface area contributed by atoms with Crippen molar-refractivity contribution in [3.8, 4) is 0 Å². The summed E-state index contributed by atoms with van der Waals surface area (Å²) in [5.41, 5.74) is 5.41. The van der Waals surface area contributed by atoms with Crippen LogP contribution in [0.3, 0.4) is 0 Å². The monoisotopic (exact) mass is 222 g/mol. The third-order valence-corrected chi connectivity index (χ3v) is 4.38. The first-order valence-corrected chi connectivity index (χ1v) is 6.26. The zero-order valence-electron chi connectivity index (χ0n) is 9.45. The molecule has 0 aromatic heterocycles. The molecule has 1 heterocycles. The normalized spacial score (nSPS) is 37.2. The summed E-state index contributed by atoms with van der Waals surface area (Å²) in [7, 11) is 0. The van der Waals surface area contributed by atoms with E-state index in [2.05, 4.69) is 0 Å². The number of carbonyl (C=O) groups excluding carboxylic acids is 2. The molecule has 1 saturated heterocycles. The van der Waals surface area contributed by atoms with E-state index in [0.29, 0.717) is 6.42 Å². The van der Waals surface area contributed by atoms with Crippen molar-refractivity contribution in [2.75, 3.05) is 0 Å². The summed E-state index contributed by atoms with van der Waals surface area (Å²) < 4.78 is 0. The van der Waals surface area contributed by atoms with Gasteiger partial charge < -0.3 is 5.73 Å². The molecule has 2 saturated carbocycles. The van der Waals surface area contributed by atoms with Crippen LogP contribution in [0.1, 0.15) is 44.9 Å². The second-order valence-electron chi connectivity index (χ2n) is 5.55. The van der Waals surface area contributed by atoms with Crippen molar-refractivity contribution in [2.24, 2.45) is 11.1 Å². The lowest BCUT2D eigenvalue weighted by atomic mass is 9.73. The van der Waals surface area contributed by atoms with Crippen LogP contribution < -0.4 is 5.73 Å². The fourth-order valence-electron chi connectivity index (χ4n) is 3.27. The van der Waals surface area contributed by atoms with Crippen LogP contribution in [-0.4, -0.2) is 28.8 Å². The fraction of sp³-hybridized carbons (Fsp3) is 0.833. The molecular weight excluding hydrogens is 204 g/mol. The van der Waals surface area contributed by atoms with Crippen LogP contribution in [0.4, 0.5) is 0 Å². The summed E-state index contributed by atoms with van der Waals surface area (Å²) in [5, 5.41) is 0. The van der Waals surface area contributed by atoms with Crippen molar-refractivity contribution in [2.45, 2.75) is 57.0 Å². The molecule has 2 unspecified atom stereocenters. The standard InChI is InChI=1S/C12H18N2O2/c13-8-6-9(8)14-10(15)7-12(11(14)16)4-2-1-3-5-12/h8-9H,1-7,13H2. The maximum Gasteiger partial charge on any atom is 0.236 e. The summed E-state index contributed by atoms with van der Waals surface area (Å²) in [6, 6.07) is 0.0490. The average molecular weight is 222 g/mol. The van der Waals surface area contributed by atoms with Crippen LogP contribution in [0.5, 0.6) is 0 Å². The summed E-state index contributed by atoms with van der Waals surface area (Å²) in [6.07, 6.45) is 6.41. The van der Waals surface area contributed by atoms with Gasteiger partial charge in [-0.2, -0.15) is 0 Å². The zero-order valence-corrected chi connectivity index (χ0v) is 9.45. The largest absolute Gasteiger partial charge is 0.326 e. The summed E-state index contributed by atoms with van der Waals surface area (Å²) in [4.78, 5) is 25.8. The van der Waals surface area contributed by atoms with Gasteiger partial charge in [-0.05, 0) is 19.3 Å². The number of nitrogens with zero attached hydrogens (tertiary/aromatic N) is 1. The lowest BCUT2D eigenvalue weighted by molar-refractivity contribution is -0.142. The third kappa shape index (κ3) is 1.32. The fourth-order valence-corrected chi connectivity index (χ4v) is 3.27. The number of imide groups is 1. The number of hydrogen-bond donors (Lipinski definition) is 1. The van der Waals surface area contributed by atoms with Crippen molar-refractivity contribution in [1.29, 1.82) is 0 Å². The summed E-state index contributed by atoms with van der Waals surface area (Å²) in [5.74, 6) is 0.0972. The molecule has 2 aliphatic carbocycles. The van der Waals surface area contributed by atoms with Gasteiger partial charge in [0.05, 0.1) is 11.5 Å². The molecule has 1 aliphatic heterocycles. The molecule has 3 rings (SSSR count). The van der Waals surface area contributed by atoms with Crippen LogP contribution in [0.15, 0.2) is 0 Å². The number of rotatable bonds is 1. The molecule has 2 atom stereocenters. The second kappa shape index (κ2) is 3.29. The number of hydrogen-bond acceptors (Lipinski definition) is 3. The Balaban J connectivity index is 1.84. The lowest BCUT2D eigenvalue weighted by Gasteiger charge is -2.30. The Morgan fingerprint density at radius 2 is 1.81 bits per heavy atom. The highest BCUT2D eigenvalue weighted by Gasteiger charge is 2.57. The van der Waals surface area contributed by atoms with E-state index >= 15 is 0 Å². The van der Waals surface area contributed by atoms with E-state index in [-0.39, 0.29) is 29.3 Å². The molecule has 0 aromatic rings. The molecule has 2 N–H and O–H groups in total. The van der Waals surface area contributed by atoms with Gasteiger partial charge in [0, 0.05) is 12.5 Å². The van der Waals surface area contributed by atoms with Crippen LogP contribution in [-0.2, 0) is 9.59 Å². The Kier molecular flexibility index (Phi) is 2.11. The van der Waals surface area contributed by atoms with Gasteiger partial charge in [-0.1, -0.05) is 19.3 Å². The van der Waals surface area contributed by atoms with Crippen molar-refractivity contribution in [3.05, 3.63) is 0 Å². The van der Waals surface area contributed by atoms with Gasteiger partial charge in [-0.3, -0.25) is 14.5 Å². The van der Waals surface area contributed by atoms with E-state index in [0.717, 1.165) is 32.1 Å². The van der Waals surface area contributed by atoms with E-state index in [4.69, 9.17) is 5.73 Å². The van der Waals surface area contributed by atoms with E-state index in [9.17, 15) is 9.59 Å². The molecule has 16 heavy (non-hydrogen) atoms. The van der Waals surface area contributed by atoms with Crippen molar-refractivity contribution >= 4 is 11.8 Å². The molecule has 3 fully saturated rings. The third-order valence-electron chi connectivity index (χ3n) is 4.38. The summed E-state index contributed by atoms with van der Waals surface area (Å²) >= 11 is 0. The minimum absolute atomic E-state index is 0.0151. The molecule has 4 nitrogen and oxygen atoms in total. The van der Waals surface area contributed by atoms with Crippen LogP contribution in [0.2, 0.25) is 0 Å². The van der Waals surface area contributed by atoms with Gasteiger partial charge >= 0.3 is 0 Å². The van der Waals surface area contributed by atoms with Gasteiger partial charge in [0.25, 0.3) is 0 Å². The average Bonchev–Trinajstić information content (AvgIpc) is 2.91. The quantitative estimate of drug-likeness (QED) is 0.667. The Bertz CT molecular complexity index is 347. The van der Waals surface area contributed by atoms with Crippen LogP contribution >= 0.6 is 0 Å². The van der Waals surface area contributed by atoms with E-state index in [1.165, 1.54) is 11.3 Å². The molecule has 1 spiro atoms. The number of carbonyl (C=O) groups is 2. The van der Waals surface area contributed by atoms with E-state index in [1.54, 1.807) is 0 Å². The lowest BCUT2D eigenvalue weighted by Crippen LogP contribution is -2.40. The minimum atomic E-state index is -0.336. The van der Waals surface area contributed by atoms with Gasteiger partial charge in [0.15, 0.2) is 0 Å². The van der Waals surface area contributed by atoms with E-state index < -0.39 is 0 Å². The van der Waals surface area contributed by atoms with Crippen LogP contribution in [0.25, 0.3) is 0 Å². The van der Waals surface area contributed by atoms with Crippen LogP contribution in [0, 0.1) is 5.41 Å².